The van der Waals surface area contributed by atoms with Crippen molar-refractivity contribution in [2.24, 2.45) is 0 Å². The number of nitrogens with zero attached hydrogens (tertiary/aromatic N) is 2. The van der Waals surface area contributed by atoms with Gasteiger partial charge in [0.1, 0.15) is 16.0 Å². The smallest absolute Gasteiger partial charge is 0.319 e. The number of amides is 2. The molecule has 2 heterocycles. The molecule has 0 aliphatic heterocycles. The number of hydrogen-bond donors (Lipinski definition) is 5. The van der Waals surface area contributed by atoms with Crippen LogP contribution in [0.2, 0.25) is 0 Å². The summed E-state index contributed by atoms with van der Waals surface area (Å²) in [6, 6.07) is 13.1. The number of carbonyl (C=O) groups excluding carboxylic acids is 1. The number of aromatic nitrogens is 3. The molecule has 2 aromatic heterocycles. The molecule has 0 spiro atoms. The van der Waals surface area contributed by atoms with E-state index >= 15 is 0 Å². The average molecular weight is 524 g/mol. The van der Waals surface area contributed by atoms with E-state index in [-0.39, 0.29) is 11.6 Å². The number of carbonyl (C=O) groups is 1. The molecule has 1 unspecified atom stereocenters. The lowest BCUT2D eigenvalue weighted by molar-refractivity contribution is 0.251. The lowest BCUT2D eigenvalue weighted by atomic mass is 10.1. The molecule has 0 fully saturated rings. The van der Waals surface area contributed by atoms with Gasteiger partial charge in [-0.1, -0.05) is 6.07 Å². The largest absolute Gasteiger partial charge is 0.388 e. The van der Waals surface area contributed by atoms with Gasteiger partial charge in [0.25, 0.3) is 0 Å². The molecule has 0 saturated carbocycles. The second kappa shape index (κ2) is 11.0. The van der Waals surface area contributed by atoms with E-state index in [1.165, 1.54) is 11.3 Å². The zero-order valence-corrected chi connectivity index (χ0v) is 22.1. The number of nitrogens with one attached hydrogen (secondary N) is 5. The van der Waals surface area contributed by atoms with Crippen LogP contribution in [0.15, 0.2) is 66.0 Å². The van der Waals surface area contributed by atoms with E-state index in [0.29, 0.717) is 17.1 Å². The van der Waals surface area contributed by atoms with Crippen LogP contribution in [-0.2, 0) is 17.5 Å². The van der Waals surface area contributed by atoms with E-state index in [1.54, 1.807) is 30.7 Å². The summed E-state index contributed by atoms with van der Waals surface area (Å²) in [5, 5.41) is 16.2. The van der Waals surface area contributed by atoms with E-state index in [2.05, 4.69) is 35.9 Å². The highest BCUT2D eigenvalue weighted by Gasteiger charge is 2.20. The van der Waals surface area contributed by atoms with Crippen molar-refractivity contribution in [3.8, 4) is 21.0 Å². The fourth-order valence-corrected chi connectivity index (χ4v) is 5.64. The standard InChI is InChI=1S/C25H29N7O2S2/c1-25(2,3)32-36(34)22-11-19(31-24(33)28-12-16-13-29-30-14-16)9-10-20(22)21-15-27-23(35-21)17-5-7-18(26-4)8-6-17/h5-11,13-15,26,32H,12H2,1-4H3,(H,29,30)(H2,28,31,33). The lowest BCUT2D eigenvalue weighted by Gasteiger charge is -2.21. The number of H-pyrrole nitrogens is 1. The minimum Gasteiger partial charge on any atom is -0.388 e. The van der Waals surface area contributed by atoms with Crippen LogP contribution in [0.5, 0.6) is 0 Å². The molecule has 2 aromatic carbocycles. The van der Waals surface area contributed by atoms with E-state index < -0.39 is 11.0 Å². The van der Waals surface area contributed by atoms with Gasteiger partial charge in [-0.15, -0.1) is 11.3 Å². The van der Waals surface area contributed by atoms with Crippen LogP contribution in [0.4, 0.5) is 16.2 Å². The van der Waals surface area contributed by atoms with Gasteiger partial charge in [0, 0.05) is 59.6 Å². The number of rotatable bonds is 8. The molecule has 11 heteroatoms. The van der Waals surface area contributed by atoms with Gasteiger partial charge in [-0.25, -0.2) is 18.7 Å². The molecule has 4 rings (SSSR count). The summed E-state index contributed by atoms with van der Waals surface area (Å²) in [5.41, 5.74) is 3.85. The van der Waals surface area contributed by atoms with Crippen molar-refractivity contribution in [3.63, 3.8) is 0 Å². The Labute approximate surface area is 216 Å². The van der Waals surface area contributed by atoms with Crippen LogP contribution in [0, 0.1) is 0 Å². The second-order valence-corrected chi connectivity index (χ2v) is 11.3. The Morgan fingerprint density at radius 3 is 2.50 bits per heavy atom. The van der Waals surface area contributed by atoms with Crippen molar-refractivity contribution in [1.82, 2.24) is 25.2 Å². The second-order valence-electron chi connectivity index (χ2n) is 9.10. The van der Waals surface area contributed by atoms with Crippen molar-refractivity contribution < 1.29 is 9.00 Å². The molecule has 9 nitrogen and oxygen atoms in total. The first-order valence-electron chi connectivity index (χ1n) is 11.3. The van der Waals surface area contributed by atoms with Crippen LogP contribution in [0.25, 0.3) is 21.0 Å². The van der Waals surface area contributed by atoms with Gasteiger partial charge in [-0.2, -0.15) is 5.10 Å². The van der Waals surface area contributed by atoms with Crippen LogP contribution in [0.1, 0.15) is 26.3 Å². The Morgan fingerprint density at radius 2 is 1.83 bits per heavy atom. The van der Waals surface area contributed by atoms with Gasteiger partial charge in [0.2, 0.25) is 0 Å². The molecule has 2 amide bonds. The van der Waals surface area contributed by atoms with Crippen LogP contribution in [0.3, 0.4) is 0 Å². The first kappa shape index (κ1) is 25.5. The van der Waals surface area contributed by atoms with Crippen molar-refractivity contribution in [2.75, 3.05) is 17.7 Å². The van der Waals surface area contributed by atoms with Gasteiger partial charge in [0.05, 0.1) is 16.0 Å². The molecule has 188 valence electrons. The third-order valence-corrected chi connectivity index (χ3v) is 7.65. The summed E-state index contributed by atoms with van der Waals surface area (Å²) in [6.07, 6.45) is 5.16. The van der Waals surface area contributed by atoms with Crippen molar-refractivity contribution >= 4 is 39.7 Å². The Kier molecular flexibility index (Phi) is 7.82. The lowest BCUT2D eigenvalue weighted by Crippen LogP contribution is -2.37. The fraction of sp³-hybridized carbons (Fsp3) is 0.240. The van der Waals surface area contributed by atoms with Crippen molar-refractivity contribution in [1.29, 1.82) is 0 Å². The quantitative estimate of drug-likeness (QED) is 0.223. The minimum absolute atomic E-state index is 0.337. The van der Waals surface area contributed by atoms with E-state index in [0.717, 1.165) is 32.3 Å². The maximum absolute atomic E-state index is 13.4. The molecule has 5 N–H and O–H groups in total. The number of hydrogen-bond acceptors (Lipinski definition) is 6. The van der Waals surface area contributed by atoms with Gasteiger partial charge in [-0.3, -0.25) is 5.10 Å². The van der Waals surface area contributed by atoms with Crippen molar-refractivity contribution in [2.45, 2.75) is 37.8 Å². The number of benzene rings is 2. The molecule has 0 bridgehead atoms. The fourth-order valence-electron chi connectivity index (χ4n) is 3.33. The predicted molar refractivity (Wildman–Crippen MR) is 146 cm³/mol. The first-order chi connectivity index (χ1) is 17.2. The van der Waals surface area contributed by atoms with E-state index in [9.17, 15) is 9.00 Å². The summed E-state index contributed by atoms with van der Waals surface area (Å²) < 4.78 is 16.5. The average Bonchev–Trinajstić information content (AvgIpc) is 3.54. The summed E-state index contributed by atoms with van der Waals surface area (Å²) in [4.78, 5) is 18.5. The number of thiazole rings is 1. The summed E-state index contributed by atoms with van der Waals surface area (Å²) in [5.74, 6) is 0. The van der Waals surface area contributed by atoms with Gasteiger partial charge >= 0.3 is 6.03 Å². The zero-order chi connectivity index (χ0) is 25.7. The highest BCUT2D eigenvalue weighted by Crippen LogP contribution is 2.36. The third-order valence-electron chi connectivity index (χ3n) is 5.04. The summed E-state index contributed by atoms with van der Waals surface area (Å²) in [6.45, 7) is 6.20. The summed E-state index contributed by atoms with van der Waals surface area (Å²) in [7, 11) is 0.359. The Bertz CT molecular complexity index is 1340. The molecular formula is C25H29N7O2S2. The summed E-state index contributed by atoms with van der Waals surface area (Å²) >= 11 is 1.53. The Morgan fingerprint density at radius 1 is 1.08 bits per heavy atom. The normalized spacial score (nSPS) is 12.2. The minimum atomic E-state index is -1.52. The van der Waals surface area contributed by atoms with Crippen LogP contribution in [-0.4, -0.2) is 38.0 Å². The molecule has 0 aliphatic carbocycles. The molecular weight excluding hydrogens is 494 g/mol. The SMILES string of the molecule is CNc1ccc(-c2ncc(-c3ccc(NC(=O)NCc4cn[nH]c4)cc3S(=O)NC(C)(C)C)s2)cc1. The van der Waals surface area contributed by atoms with E-state index in [1.807, 2.05) is 58.2 Å². The highest BCUT2D eigenvalue weighted by atomic mass is 32.2. The zero-order valence-electron chi connectivity index (χ0n) is 20.5. The third kappa shape index (κ3) is 6.56. The van der Waals surface area contributed by atoms with Gasteiger partial charge in [0.15, 0.2) is 0 Å². The maximum Gasteiger partial charge on any atom is 0.319 e. The van der Waals surface area contributed by atoms with Crippen LogP contribution < -0.4 is 20.7 Å². The molecule has 0 radical (unpaired) electrons. The Balaban J connectivity index is 1.60. The molecule has 1 atom stereocenters. The predicted octanol–water partition coefficient (Wildman–Crippen LogP) is 4.97. The molecule has 0 aliphatic rings. The van der Waals surface area contributed by atoms with Crippen LogP contribution >= 0.6 is 11.3 Å². The highest BCUT2D eigenvalue weighted by molar-refractivity contribution is 7.83. The molecule has 4 aromatic rings. The van der Waals surface area contributed by atoms with E-state index in [4.69, 9.17) is 0 Å². The molecule has 36 heavy (non-hydrogen) atoms. The number of urea groups is 1. The number of anilines is 2. The first-order valence-corrected chi connectivity index (χ1v) is 13.3. The topological polar surface area (TPSA) is 124 Å². The van der Waals surface area contributed by atoms with Crippen molar-refractivity contribution in [3.05, 3.63) is 66.6 Å². The monoisotopic (exact) mass is 523 g/mol. The van der Waals surface area contributed by atoms with Gasteiger partial charge in [-0.05, 0) is 57.2 Å². The maximum atomic E-state index is 13.4. The Hall–Kier alpha value is -3.54. The molecule has 0 saturated heterocycles. The number of aromatic amines is 1. The van der Waals surface area contributed by atoms with Gasteiger partial charge < -0.3 is 16.0 Å².